The van der Waals surface area contributed by atoms with Crippen molar-refractivity contribution in [2.75, 3.05) is 13.1 Å². The SMILES string of the molecule is C#CCN(CC1CC1)S(=O)(=O)c1cc(CN)n(CC)c1. The molecule has 1 aromatic heterocycles. The van der Waals surface area contributed by atoms with Crippen LogP contribution in [0.1, 0.15) is 25.5 Å². The zero-order valence-corrected chi connectivity index (χ0v) is 12.6. The Bertz CT molecular complexity index is 587. The molecule has 1 aliphatic carbocycles. The smallest absolute Gasteiger partial charge is 0.245 e. The van der Waals surface area contributed by atoms with Gasteiger partial charge in [-0.2, -0.15) is 4.31 Å². The third-order valence-corrected chi connectivity index (χ3v) is 5.35. The van der Waals surface area contributed by atoms with Gasteiger partial charge in [0.05, 0.1) is 6.54 Å². The van der Waals surface area contributed by atoms with Crippen molar-refractivity contribution in [2.24, 2.45) is 11.7 Å². The lowest BCUT2D eigenvalue weighted by molar-refractivity contribution is 0.430. The Labute approximate surface area is 120 Å². The van der Waals surface area contributed by atoms with Gasteiger partial charge in [-0.05, 0) is 31.7 Å². The number of nitrogens with zero attached hydrogens (tertiary/aromatic N) is 2. The molecular formula is C14H21N3O2S. The highest BCUT2D eigenvalue weighted by Gasteiger charge is 2.32. The molecular weight excluding hydrogens is 274 g/mol. The predicted octanol–water partition coefficient (Wildman–Crippen LogP) is 1.00. The van der Waals surface area contributed by atoms with Crippen LogP contribution in [0.5, 0.6) is 0 Å². The lowest BCUT2D eigenvalue weighted by Gasteiger charge is -2.18. The van der Waals surface area contributed by atoms with Crippen LogP contribution in [0.2, 0.25) is 0 Å². The maximum Gasteiger partial charge on any atom is 0.245 e. The molecule has 0 unspecified atom stereocenters. The topological polar surface area (TPSA) is 68.3 Å². The molecule has 0 amide bonds. The molecule has 0 atom stereocenters. The number of aromatic nitrogens is 1. The van der Waals surface area contributed by atoms with Gasteiger partial charge in [0, 0.05) is 31.5 Å². The molecule has 0 bridgehead atoms. The number of rotatable bonds is 7. The lowest BCUT2D eigenvalue weighted by Crippen LogP contribution is -2.33. The Kier molecular flexibility index (Phi) is 4.53. The second-order valence-corrected chi connectivity index (χ2v) is 7.04. The van der Waals surface area contributed by atoms with Gasteiger partial charge >= 0.3 is 0 Å². The Morgan fingerprint density at radius 2 is 2.25 bits per heavy atom. The Morgan fingerprint density at radius 1 is 1.55 bits per heavy atom. The van der Waals surface area contributed by atoms with Gasteiger partial charge < -0.3 is 10.3 Å². The predicted molar refractivity (Wildman–Crippen MR) is 78.3 cm³/mol. The molecule has 0 saturated heterocycles. The van der Waals surface area contributed by atoms with E-state index in [1.54, 1.807) is 12.3 Å². The summed E-state index contributed by atoms with van der Waals surface area (Å²) in [7, 11) is -3.53. The van der Waals surface area contributed by atoms with E-state index < -0.39 is 10.0 Å². The average Bonchev–Trinajstić information content (AvgIpc) is 3.14. The van der Waals surface area contributed by atoms with Gasteiger partial charge in [0.2, 0.25) is 10.0 Å². The fourth-order valence-electron chi connectivity index (χ4n) is 2.22. The summed E-state index contributed by atoms with van der Waals surface area (Å²) in [5.74, 6) is 2.90. The molecule has 1 aliphatic rings. The molecule has 20 heavy (non-hydrogen) atoms. The molecule has 2 rings (SSSR count). The first-order chi connectivity index (χ1) is 9.52. The Hall–Kier alpha value is -1.29. The third-order valence-electron chi connectivity index (χ3n) is 3.57. The number of nitrogens with two attached hydrogens (primary N) is 1. The maximum atomic E-state index is 12.7. The summed E-state index contributed by atoms with van der Waals surface area (Å²) in [6, 6.07) is 1.65. The number of aryl methyl sites for hydroxylation is 1. The van der Waals surface area contributed by atoms with E-state index in [9.17, 15) is 8.42 Å². The summed E-state index contributed by atoms with van der Waals surface area (Å²) < 4.78 is 28.6. The zero-order valence-electron chi connectivity index (χ0n) is 11.7. The lowest BCUT2D eigenvalue weighted by atomic mass is 10.4. The number of terminal acetylenes is 1. The highest BCUT2D eigenvalue weighted by molar-refractivity contribution is 7.89. The van der Waals surface area contributed by atoms with E-state index >= 15 is 0 Å². The summed E-state index contributed by atoms with van der Waals surface area (Å²) in [5.41, 5.74) is 6.46. The van der Waals surface area contributed by atoms with Crippen LogP contribution in [0.4, 0.5) is 0 Å². The molecule has 1 heterocycles. The van der Waals surface area contributed by atoms with Crippen molar-refractivity contribution in [3.63, 3.8) is 0 Å². The Morgan fingerprint density at radius 3 is 2.70 bits per heavy atom. The number of hydrogen-bond donors (Lipinski definition) is 1. The molecule has 0 radical (unpaired) electrons. The minimum Gasteiger partial charge on any atom is -0.349 e. The highest BCUT2D eigenvalue weighted by Crippen LogP contribution is 2.31. The van der Waals surface area contributed by atoms with Crippen molar-refractivity contribution in [1.29, 1.82) is 0 Å². The quantitative estimate of drug-likeness (QED) is 0.763. The van der Waals surface area contributed by atoms with Crippen molar-refractivity contribution in [3.05, 3.63) is 18.0 Å². The van der Waals surface area contributed by atoms with E-state index in [0.717, 1.165) is 18.5 Å². The molecule has 1 fully saturated rings. The average molecular weight is 295 g/mol. The molecule has 1 saturated carbocycles. The van der Waals surface area contributed by atoms with Gasteiger partial charge in [-0.3, -0.25) is 0 Å². The molecule has 0 aromatic carbocycles. The molecule has 0 aliphatic heterocycles. The highest BCUT2D eigenvalue weighted by atomic mass is 32.2. The van der Waals surface area contributed by atoms with Crippen LogP contribution in [0, 0.1) is 18.3 Å². The minimum atomic E-state index is -3.53. The normalized spacial score (nSPS) is 15.5. The van der Waals surface area contributed by atoms with E-state index in [-0.39, 0.29) is 11.4 Å². The van der Waals surface area contributed by atoms with E-state index in [4.69, 9.17) is 12.2 Å². The van der Waals surface area contributed by atoms with Gasteiger partial charge in [-0.25, -0.2) is 8.42 Å². The summed E-state index contributed by atoms with van der Waals surface area (Å²) in [5, 5.41) is 0. The molecule has 1 aromatic rings. The monoisotopic (exact) mass is 295 g/mol. The van der Waals surface area contributed by atoms with Crippen molar-refractivity contribution in [2.45, 2.75) is 37.8 Å². The van der Waals surface area contributed by atoms with Crippen LogP contribution in [-0.4, -0.2) is 30.4 Å². The number of sulfonamides is 1. The largest absolute Gasteiger partial charge is 0.349 e. The van der Waals surface area contributed by atoms with Crippen LogP contribution in [0.15, 0.2) is 17.2 Å². The third kappa shape index (κ3) is 3.06. The number of hydrogen-bond acceptors (Lipinski definition) is 3. The summed E-state index contributed by atoms with van der Waals surface area (Å²) in [6.45, 7) is 3.61. The zero-order chi connectivity index (χ0) is 14.8. The van der Waals surface area contributed by atoms with Crippen molar-refractivity contribution in [3.8, 4) is 12.3 Å². The van der Waals surface area contributed by atoms with Crippen molar-refractivity contribution >= 4 is 10.0 Å². The first-order valence-corrected chi connectivity index (χ1v) is 8.29. The van der Waals surface area contributed by atoms with Gasteiger partial charge in [-0.1, -0.05) is 5.92 Å². The van der Waals surface area contributed by atoms with Gasteiger partial charge in [0.25, 0.3) is 0 Å². The van der Waals surface area contributed by atoms with Crippen LogP contribution in [-0.2, 0) is 23.1 Å². The molecule has 5 nitrogen and oxygen atoms in total. The van der Waals surface area contributed by atoms with Crippen molar-refractivity contribution < 1.29 is 8.42 Å². The van der Waals surface area contributed by atoms with Crippen LogP contribution in [0.25, 0.3) is 0 Å². The van der Waals surface area contributed by atoms with Gasteiger partial charge in [0.15, 0.2) is 0 Å². The Balaban J connectivity index is 2.31. The van der Waals surface area contributed by atoms with E-state index in [1.807, 2.05) is 11.5 Å². The second kappa shape index (κ2) is 6.00. The molecule has 2 N–H and O–H groups in total. The molecule has 110 valence electrons. The van der Waals surface area contributed by atoms with E-state index in [0.29, 0.717) is 25.6 Å². The summed E-state index contributed by atoms with van der Waals surface area (Å²) in [6.07, 6.45) is 9.12. The first kappa shape index (κ1) is 15.1. The maximum absolute atomic E-state index is 12.7. The first-order valence-electron chi connectivity index (χ1n) is 6.85. The second-order valence-electron chi connectivity index (χ2n) is 5.10. The van der Waals surface area contributed by atoms with Crippen LogP contribution < -0.4 is 5.73 Å². The van der Waals surface area contributed by atoms with Gasteiger partial charge in [-0.15, -0.1) is 6.42 Å². The van der Waals surface area contributed by atoms with Crippen LogP contribution in [0.3, 0.4) is 0 Å². The minimum absolute atomic E-state index is 0.119. The molecule has 0 spiro atoms. The van der Waals surface area contributed by atoms with Crippen molar-refractivity contribution in [1.82, 2.24) is 8.87 Å². The summed E-state index contributed by atoms with van der Waals surface area (Å²) in [4.78, 5) is 0.288. The summed E-state index contributed by atoms with van der Waals surface area (Å²) >= 11 is 0. The molecule has 6 heteroatoms. The van der Waals surface area contributed by atoms with E-state index in [2.05, 4.69) is 5.92 Å². The van der Waals surface area contributed by atoms with Crippen LogP contribution >= 0.6 is 0 Å². The fourth-order valence-corrected chi connectivity index (χ4v) is 3.71. The van der Waals surface area contributed by atoms with Gasteiger partial charge in [0.1, 0.15) is 4.90 Å². The standard InChI is InChI=1S/C14H21N3O2S/c1-3-7-17(10-12-5-6-12)20(18,19)14-8-13(9-15)16(4-2)11-14/h1,8,11-12H,4-7,9-10,15H2,2H3. The fraction of sp³-hybridized carbons (Fsp3) is 0.571. The van der Waals surface area contributed by atoms with E-state index in [1.165, 1.54) is 4.31 Å².